The number of rotatable bonds is 7. The lowest BCUT2D eigenvalue weighted by Crippen LogP contribution is -2.36. The van der Waals surface area contributed by atoms with Gasteiger partial charge in [-0.3, -0.25) is 4.79 Å². The monoisotopic (exact) mass is 278 g/mol. The van der Waals surface area contributed by atoms with Gasteiger partial charge in [-0.1, -0.05) is 38.0 Å². The van der Waals surface area contributed by atoms with Gasteiger partial charge in [-0.25, -0.2) is 4.79 Å². The second-order valence-electron chi connectivity index (χ2n) is 4.87. The van der Waals surface area contributed by atoms with Crippen LogP contribution < -0.4 is 10.6 Å². The Kier molecular flexibility index (Phi) is 6.56. The van der Waals surface area contributed by atoms with Crippen molar-refractivity contribution in [2.24, 2.45) is 0 Å². The van der Waals surface area contributed by atoms with Gasteiger partial charge < -0.3 is 15.7 Å². The van der Waals surface area contributed by atoms with E-state index >= 15 is 0 Å². The van der Waals surface area contributed by atoms with Crippen molar-refractivity contribution in [3.05, 3.63) is 29.8 Å². The molecule has 20 heavy (non-hydrogen) atoms. The predicted molar refractivity (Wildman–Crippen MR) is 78.9 cm³/mol. The van der Waals surface area contributed by atoms with Gasteiger partial charge in [0.1, 0.15) is 0 Å². The Morgan fingerprint density at radius 1 is 1.30 bits per heavy atom. The molecule has 1 unspecified atom stereocenters. The Bertz CT molecular complexity index is 460. The number of urea groups is 1. The highest BCUT2D eigenvalue weighted by molar-refractivity contribution is 5.91. The number of anilines is 1. The molecular formula is C15H22N2O3. The van der Waals surface area contributed by atoms with Crippen LogP contribution in [-0.2, 0) is 11.2 Å². The van der Waals surface area contributed by atoms with Gasteiger partial charge in [0.15, 0.2) is 0 Å². The fraction of sp³-hybridized carbons (Fsp3) is 0.467. The van der Waals surface area contributed by atoms with Crippen LogP contribution in [0.15, 0.2) is 24.3 Å². The van der Waals surface area contributed by atoms with E-state index in [1.807, 2.05) is 6.92 Å². The van der Waals surface area contributed by atoms with E-state index in [4.69, 9.17) is 5.11 Å². The fourth-order valence-electron chi connectivity index (χ4n) is 1.92. The van der Waals surface area contributed by atoms with Crippen molar-refractivity contribution in [2.45, 2.75) is 45.6 Å². The van der Waals surface area contributed by atoms with Crippen molar-refractivity contribution in [3.8, 4) is 0 Å². The van der Waals surface area contributed by atoms with Crippen molar-refractivity contribution < 1.29 is 14.7 Å². The molecule has 0 saturated carbocycles. The normalized spacial score (nSPS) is 11.7. The molecule has 0 radical (unpaired) electrons. The summed E-state index contributed by atoms with van der Waals surface area (Å²) in [6, 6.07) is 6.72. The molecule has 0 heterocycles. The van der Waals surface area contributed by atoms with Gasteiger partial charge in [-0.15, -0.1) is 0 Å². The van der Waals surface area contributed by atoms with E-state index in [0.717, 1.165) is 19.3 Å². The smallest absolute Gasteiger partial charge is 0.319 e. The Balaban J connectivity index is 2.59. The minimum Gasteiger partial charge on any atom is -0.481 e. The number of aliphatic carboxylic acids is 1. The highest BCUT2D eigenvalue weighted by Gasteiger charge is 2.10. The first-order chi connectivity index (χ1) is 9.52. The lowest BCUT2D eigenvalue weighted by atomic mass is 10.1. The third-order valence-corrected chi connectivity index (χ3v) is 2.98. The molecule has 0 saturated heterocycles. The van der Waals surface area contributed by atoms with Crippen molar-refractivity contribution >= 4 is 17.7 Å². The number of carbonyl (C=O) groups is 2. The number of hydrogen-bond acceptors (Lipinski definition) is 2. The summed E-state index contributed by atoms with van der Waals surface area (Å²) in [7, 11) is 0. The van der Waals surface area contributed by atoms with Gasteiger partial charge in [-0.05, 0) is 25.0 Å². The van der Waals surface area contributed by atoms with Crippen LogP contribution in [0.3, 0.4) is 0 Å². The SMILES string of the molecule is CCCCC(C)NC(=O)Nc1ccccc1CC(=O)O. The second kappa shape index (κ2) is 8.19. The van der Waals surface area contributed by atoms with E-state index in [1.165, 1.54) is 0 Å². The van der Waals surface area contributed by atoms with Crippen molar-refractivity contribution in [2.75, 3.05) is 5.32 Å². The molecule has 5 nitrogen and oxygen atoms in total. The van der Waals surface area contributed by atoms with Crippen LogP contribution in [0.2, 0.25) is 0 Å². The summed E-state index contributed by atoms with van der Waals surface area (Å²) in [4.78, 5) is 22.6. The maximum absolute atomic E-state index is 11.9. The molecule has 0 fully saturated rings. The van der Waals surface area contributed by atoms with Gasteiger partial charge in [0.25, 0.3) is 0 Å². The molecule has 1 aromatic rings. The Morgan fingerprint density at radius 3 is 2.65 bits per heavy atom. The lowest BCUT2D eigenvalue weighted by Gasteiger charge is -2.15. The van der Waals surface area contributed by atoms with E-state index in [-0.39, 0.29) is 18.5 Å². The largest absolute Gasteiger partial charge is 0.481 e. The highest BCUT2D eigenvalue weighted by Crippen LogP contribution is 2.15. The number of nitrogens with one attached hydrogen (secondary N) is 2. The maximum atomic E-state index is 11.9. The summed E-state index contributed by atoms with van der Waals surface area (Å²) >= 11 is 0. The molecular weight excluding hydrogens is 256 g/mol. The number of unbranched alkanes of at least 4 members (excludes halogenated alkanes) is 1. The summed E-state index contributed by atoms with van der Waals surface area (Å²) in [6.45, 7) is 4.06. The number of amides is 2. The molecule has 0 aliphatic carbocycles. The summed E-state index contributed by atoms with van der Waals surface area (Å²) in [6.07, 6.45) is 2.98. The summed E-state index contributed by atoms with van der Waals surface area (Å²) in [5.41, 5.74) is 1.13. The van der Waals surface area contributed by atoms with Crippen LogP contribution in [0.5, 0.6) is 0 Å². The molecule has 5 heteroatoms. The lowest BCUT2D eigenvalue weighted by molar-refractivity contribution is -0.136. The van der Waals surface area contributed by atoms with Crippen LogP contribution in [0.25, 0.3) is 0 Å². The third kappa shape index (κ3) is 5.73. The quantitative estimate of drug-likeness (QED) is 0.717. The van der Waals surface area contributed by atoms with Crippen molar-refractivity contribution in [3.63, 3.8) is 0 Å². The number of carbonyl (C=O) groups excluding carboxylic acids is 1. The maximum Gasteiger partial charge on any atom is 0.319 e. The zero-order valence-electron chi connectivity index (χ0n) is 12.0. The van der Waals surface area contributed by atoms with Gasteiger partial charge in [-0.2, -0.15) is 0 Å². The summed E-state index contributed by atoms with van der Waals surface area (Å²) < 4.78 is 0. The average Bonchev–Trinajstić information content (AvgIpc) is 2.38. The van der Waals surface area contributed by atoms with Crippen LogP contribution in [0.1, 0.15) is 38.7 Å². The zero-order chi connectivity index (χ0) is 15.0. The standard InChI is InChI=1S/C15H22N2O3/c1-3-4-7-11(2)16-15(20)17-13-9-6-5-8-12(13)10-14(18)19/h5-6,8-9,11H,3-4,7,10H2,1-2H3,(H,18,19)(H2,16,17,20). The Hall–Kier alpha value is -2.04. The minimum absolute atomic E-state index is 0.0987. The second-order valence-corrected chi connectivity index (χ2v) is 4.87. The number of para-hydroxylation sites is 1. The first-order valence-electron chi connectivity index (χ1n) is 6.90. The molecule has 0 spiro atoms. The van der Waals surface area contributed by atoms with E-state index < -0.39 is 5.97 Å². The molecule has 110 valence electrons. The molecule has 1 atom stereocenters. The topological polar surface area (TPSA) is 78.4 Å². The number of benzene rings is 1. The van der Waals surface area contributed by atoms with E-state index in [0.29, 0.717) is 11.3 Å². The van der Waals surface area contributed by atoms with E-state index in [9.17, 15) is 9.59 Å². The van der Waals surface area contributed by atoms with Gasteiger partial charge in [0, 0.05) is 11.7 Å². The molecule has 2 amide bonds. The summed E-state index contributed by atoms with van der Waals surface area (Å²) in [5, 5.41) is 14.4. The molecule has 0 aliphatic heterocycles. The van der Waals surface area contributed by atoms with Crippen molar-refractivity contribution in [1.29, 1.82) is 0 Å². The highest BCUT2D eigenvalue weighted by atomic mass is 16.4. The minimum atomic E-state index is -0.920. The molecule has 0 bridgehead atoms. The van der Waals surface area contributed by atoms with Gasteiger partial charge in [0.2, 0.25) is 0 Å². The van der Waals surface area contributed by atoms with Crippen LogP contribution in [0.4, 0.5) is 10.5 Å². The van der Waals surface area contributed by atoms with Crippen LogP contribution in [-0.4, -0.2) is 23.1 Å². The average molecular weight is 278 g/mol. The molecule has 0 aliphatic rings. The van der Waals surface area contributed by atoms with Gasteiger partial charge >= 0.3 is 12.0 Å². The predicted octanol–water partition coefficient (Wildman–Crippen LogP) is 3.01. The Labute approximate surface area is 119 Å². The first-order valence-corrected chi connectivity index (χ1v) is 6.90. The van der Waals surface area contributed by atoms with Gasteiger partial charge in [0.05, 0.1) is 6.42 Å². The Morgan fingerprint density at radius 2 is 2.00 bits per heavy atom. The molecule has 0 aromatic heterocycles. The molecule has 1 aromatic carbocycles. The third-order valence-electron chi connectivity index (χ3n) is 2.98. The van der Waals surface area contributed by atoms with Crippen LogP contribution in [0, 0.1) is 0 Å². The molecule has 3 N–H and O–H groups in total. The fourth-order valence-corrected chi connectivity index (χ4v) is 1.92. The van der Waals surface area contributed by atoms with Crippen molar-refractivity contribution in [1.82, 2.24) is 5.32 Å². The van der Waals surface area contributed by atoms with E-state index in [1.54, 1.807) is 24.3 Å². The van der Waals surface area contributed by atoms with E-state index in [2.05, 4.69) is 17.6 Å². The molecule has 1 rings (SSSR count). The number of hydrogen-bond donors (Lipinski definition) is 3. The zero-order valence-corrected chi connectivity index (χ0v) is 12.0. The number of carboxylic acid groups (broad SMARTS) is 1. The summed E-state index contributed by atoms with van der Waals surface area (Å²) in [5.74, 6) is -0.920. The number of carboxylic acids is 1. The van der Waals surface area contributed by atoms with Crippen LogP contribution >= 0.6 is 0 Å². The first kappa shape index (κ1) is 16.0.